The first-order valence-electron chi connectivity index (χ1n) is 14.0. The first kappa shape index (κ1) is 29.6. The van der Waals surface area contributed by atoms with Crippen LogP contribution >= 0.6 is 0 Å². The molecule has 218 valence electrons. The summed E-state index contributed by atoms with van der Waals surface area (Å²) in [6, 6.07) is 17.4. The zero-order valence-corrected chi connectivity index (χ0v) is 24.8. The Morgan fingerprint density at radius 3 is 2.51 bits per heavy atom. The van der Waals surface area contributed by atoms with Crippen LogP contribution in [-0.4, -0.2) is 72.7 Å². The number of rotatable bonds is 9. The van der Waals surface area contributed by atoms with Gasteiger partial charge in [0, 0.05) is 52.9 Å². The number of carbonyl (C=O) groups is 2. The van der Waals surface area contributed by atoms with Crippen LogP contribution in [0.2, 0.25) is 0 Å². The molecular weight excluding hydrogens is 520 g/mol. The number of carbonyl (C=O) groups excluding carboxylic acids is 2. The first-order valence-corrected chi connectivity index (χ1v) is 14.0. The highest BCUT2D eigenvalue weighted by Gasteiger charge is 2.30. The van der Waals surface area contributed by atoms with E-state index in [0.29, 0.717) is 61.4 Å². The summed E-state index contributed by atoms with van der Waals surface area (Å²) in [7, 11) is 3.64. The van der Waals surface area contributed by atoms with Gasteiger partial charge in [-0.3, -0.25) is 4.79 Å². The van der Waals surface area contributed by atoms with Crippen molar-refractivity contribution < 1.29 is 19.1 Å². The molecule has 0 aliphatic carbocycles. The van der Waals surface area contributed by atoms with Crippen LogP contribution in [-0.2, 0) is 4.74 Å². The molecule has 0 spiro atoms. The summed E-state index contributed by atoms with van der Waals surface area (Å²) < 4.78 is 12.2. The molecule has 2 amide bonds. The number of benzene rings is 2. The van der Waals surface area contributed by atoms with Crippen LogP contribution in [0.15, 0.2) is 60.8 Å². The lowest BCUT2D eigenvalue weighted by atomic mass is 10.1. The molecule has 1 unspecified atom stereocenters. The number of hydrogen-bond acceptors (Lipinski definition) is 8. The van der Waals surface area contributed by atoms with Gasteiger partial charge in [-0.2, -0.15) is 4.98 Å². The number of likely N-dealkylation sites (N-methyl/N-ethyl adjacent to an activating group) is 1. The number of amides is 2. The summed E-state index contributed by atoms with van der Waals surface area (Å²) in [5.74, 6) is 1.47. The Balaban J connectivity index is 1.60. The fraction of sp³-hybridized carbons (Fsp3) is 0.419. The molecule has 0 saturated carbocycles. The number of fused-ring (bicyclic) bond motifs is 1. The fourth-order valence-corrected chi connectivity index (χ4v) is 4.53. The third-order valence-corrected chi connectivity index (χ3v) is 6.63. The molecule has 1 aromatic heterocycles. The number of ether oxygens (including phenoxy) is 2. The van der Waals surface area contributed by atoms with Gasteiger partial charge in [-0.15, -0.1) is 0 Å². The molecule has 10 nitrogen and oxygen atoms in total. The SMILES string of the molecule is CCNc1ncc2c(n1)N(C)CCN(c1ccccc1OC(CCN(C)C(=O)OC(C)(C)C)c1ccccc1)C2=O. The van der Waals surface area contributed by atoms with Gasteiger partial charge >= 0.3 is 6.09 Å². The standard InChI is InChI=1S/C31H40N6O4/c1-7-32-29-33-21-23-27(34-29)35(5)19-20-37(28(23)38)24-15-11-12-16-26(24)40-25(22-13-9-8-10-14-22)17-18-36(6)30(39)41-31(2,3)4/h8-16,21,25H,7,17-20H2,1-6H3,(H,32,33,34). The number of anilines is 3. The molecule has 10 heteroatoms. The van der Waals surface area contributed by atoms with Gasteiger partial charge in [-0.25, -0.2) is 9.78 Å². The fourth-order valence-electron chi connectivity index (χ4n) is 4.53. The molecule has 1 aliphatic rings. The van der Waals surface area contributed by atoms with E-state index in [1.165, 1.54) is 0 Å². The molecule has 2 aromatic carbocycles. The van der Waals surface area contributed by atoms with Crippen molar-refractivity contribution in [1.29, 1.82) is 0 Å². The molecule has 1 atom stereocenters. The minimum absolute atomic E-state index is 0.190. The second-order valence-corrected chi connectivity index (χ2v) is 11.0. The van der Waals surface area contributed by atoms with E-state index >= 15 is 0 Å². The Bertz CT molecular complexity index is 1340. The summed E-state index contributed by atoms with van der Waals surface area (Å²) in [5.41, 5.74) is 1.48. The van der Waals surface area contributed by atoms with Gasteiger partial charge in [-0.1, -0.05) is 42.5 Å². The maximum atomic E-state index is 13.8. The quantitative estimate of drug-likeness (QED) is 0.372. The second-order valence-electron chi connectivity index (χ2n) is 11.0. The summed E-state index contributed by atoms with van der Waals surface area (Å²) in [6.45, 7) is 9.64. The maximum Gasteiger partial charge on any atom is 0.410 e. The van der Waals surface area contributed by atoms with E-state index in [1.807, 2.05) is 94.2 Å². The van der Waals surface area contributed by atoms with Gasteiger partial charge in [0.2, 0.25) is 5.95 Å². The van der Waals surface area contributed by atoms with Crippen LogP contribution in [0.1, 0.15) is 56.1 Å². The minimum atomic E-state index is -0.578. The van der Waals surface area contributed by atoms with E-state index in [0.717, 1.165) is 5.56 Å². The number of hydrogen-bond donors (Lipinski definition) is 1. The van der Waals surface area contributed by atoms with E-state index in [1.54, 1.807) is 23.0 Å². The van der Waals surface area contributed by atoms with Crippen molar-refractivity contribution in [3.63, 3.8) is 0 Å². The Kier molecular flexibility index (Phi) is 9.31. The molecule has 2 heterocycles. The summed E-state index contributed by atoms with van der Waals surface area (Å²) in [5, 5.41) is 3.11. The van der Waals surface area contributed by atoms with Crippen LogP contribution in [0.5, 0.6) is 5.75 Å². The van der Waals surface area contributed by atoms with E-state index in [2.05, 4.69) is 15.3 Å². The van der Waals surface area contributed by atoms with Crippen LogP contribution in [0, 0.1) is 0 Å². The Morgan fingerprint density at radius 2 is 1.80 bits per heavy atom. The third kappa shape index (κ3) is 7.45. The van der Waals surface area contributed by atoms with Crippen molar-refractivity contribution in [2.45, 2.75) is 45.8 Å². The summed E-state index contributed by atoms with van der Waals surface area (Å²) in [6.07, 6.45) is 1.35. The van der Waals surface area contributed by atoms with Crippen LogP contribution in [0.3, 0.4) is 0 Å². The van der Waals surface area contributed by atoms with Gasteiger partial charge in [0.1, 0.15) is 28.8 Å². The molecule has 0 fully saturated rings. The lowest BCUT2D eigenvalue weighted by Gasteiger charge is -2.28. The highest BCUT2D eigenvalue weighted by atomic mass is 16.6. The number of nitrogens with one attached hydrogen (secondary N) is 1. The zero-order chi connectivity index (χ0) is 29.6. The molecule has 0 radical (unpaired) electrons. The third-order valence-electron chi connectivity index (χ3n) is 6.63. The molecular formula is C31H40N6O4. The minimum Gasteiger partial charge on any atom is -0.483 e. The molecule has 4 rings (SSSR count). The summed E-state index contributed by atoms with van der Waals surface area (Å²) >= 11 is 0. The maximum absolute atomic E-state index is 13.8. The highest BCUT2D eigenvalue weighted by molar-refractivity contribution is 6.10. The first-order chi connectivity index (χ1) is 19.6. The lowest BCUT2D eigenvalue weighted by molar-refractivity contribution is 0.0278. The molecule has 0 bridgehead atoms. The average molecular weight is 561 g/mol. The molecule has 0 saturated heterocycles. The van der Waals surface area contributed by atoms with Gasteiger partial charge in [0.25, 0.3) is 5.91 Å². The molecule has 3 aromatic rings. The average Bonchev–Trinajstić information content (AvgIpc) is 3.06. The molecule has 1 N–H and O–H groups in total. The molecule has 1 aliphatic heterocycles. The van der Waals surface area contributed by atoms with E-state index in [4.69, 9.17) is 9.47 Å². The van der Waals surface area contributed by atoms with E-state index in [9.17, 15) is 9.59 Å². The monoisotopic (exact) mass is 560 g/mol. The normalized spacial score (nSPS) is 14.1. The largest absolute Gasteiger partial charge is 0.483 e. The van der Waals surface area contributed by atoms with Crippen LogP contribution in [0.4, 0.5) is 22.2 Å². The second kappa shape index (κ2) is 12.9. The van der Waals surface area contributed by atoms with E-state index < -0.39 is 5.60 Å². The topological polar surface area (TPSA) is 100 Å². The van der Waals surface area contributed by atoms with Gasteiger partial charge < -0.3 is 29.5 Å². The Hall–Kier alpha value is -4.34. The van der Waals surface area contributed by atoms with Crippen molar-refractivity contribution >= 4 is 29.5 Å². The van der Waals surface area contributed by atoms with Crippen LogP contribution in [0.25, 0.3) is 0 Å². The zero-order valence-electron chi connectivity index (χ0n) is 24.8. The van der Waals surface area contributed by atoms with Gasteiger partial charge in [-0.05, 0) is 45.4 Å². The smallest absolute Gasteiger partial charge is 0.410 e. The predicted molar refractivity (Wildman–Crippen MR) is 161 cm³/mol. The van der Waals surface area contributed by atoms with Gasteiger partial charge in [0.05, 0.1) is 5.69 Å². The predicted octanol–water partition coefficient (Wildman–Crippen LogP) is 5.38. The Labute approximate surface area is 242 Å². The van der Waals surface area contributed by atoms with Crippen molar-refractivity contribution in [3.05, 3.63) is 71.9 Å². The van der Waals surface area contributed by atoms with Crippen molar-refractivity contribution in [2.24, 2.45) is 0 Å². The van der Waals surface area contributed by atoms with Crippen molar-refractivity contribution in [1.82, 2.24) is 14.9 Å². The molecule has 41 heavy (non-hydrogen) atoms. The number of aromatic nitrogens is 2. The van der Waals surface area contributed by atoms with Gasteiger partial charge in [0.15, 0.2) is 0 Å². The van der Waals surface area contributed by atoms with Crippen LogP contribution < -0.4 is 19.9 Å². The number of para-hydroxylation sites is 2. The Morgan fingerprint density at radius 1 is 1.10 bits per heavy atom. The number of nitrogens with zero attached hydrogens (tertiary/aromatic N) is 5. The van der Waals surface area contributed by atoms with Crippen molar-refractivity contribution in [2.75, 3.05) is 55.4 Å². The highest BCUT2D eigenvalue weighted by Crippen LogP contribution is 2.36. The lowest BCUT2D eigenvalue weighted by Crippen LogP contribution is -2.35. The van der Waals surface area contributed by atoms with Crippen molar-refractivity contribution in [3.8, 4) is 5.75 Å². The van der Waals surface area contributed by atoms with E-state index in [-0.39, 0.29) is 18.1 Å². The summed E-state index contributed by atoms with van der Waals surface area (Å²) in [4.78, 5) is 40.6.